The van der Waals surface area contributed by atoms with Gasteiger partial charge in [0.25, 0.3) is 0 Å². The number of nitrogens with zero attached hydrogens (tertiary/aromatic N) is 2. The maximum absolute atomic E-state index is 14.4. The zero-order chi connectivity index (χ0) is 42.5. The molecule has 3 aromatic heterocycles. The number of aromatic nitrogens is 4. The molecule has 5 heterocycles. The van der Waals surface area contributed by atoms with E-state index in [-0.39, 0.29) is 5.56 Å². The number of ether oxygens (including phenoxy) is 1. The van der Waals surface area contributed by atoms with Gasteiger partial charge < -0.3 is 14.7 Å². The van der Waals surface area contributed by atoms with Crippen LogP contribution >= 0.6 is 0 Å². The highest BCUT2D eigenvalue weighted by Crippen LogP contribution is 2.39. The summed E-state index contributed by atoms with van der Waals surface area (Å²) in [4.78, 5) is 30.9. The second kappa shape index (κ2) is 15.4. The minimum absolute atomic E-state index is 0.207. The number of nitrogens with one attached hydrogen (secondary N) is 2. The van der Waals surface area contributed by atoms with Crippen molar-refractivity contribution in [3.8, 4) is 50.3 Å². The lowest BCUT2D eigenvalue weighted by Crippen LogP contribution is -2.13. The van der Waals surface area contributed by atoms with Gasteiger partial charge in [0.1, 0.15) is 0 Å². The Labute approximate surface area is 350 Å². The van der Waals surface area contributed by atoms with Crippen LogP contribution in [0, 0.1) is 29.1 Å². The van der Waals surface area contributed by atoms with Crippen LogP contribution in [0.5, 0.6) is 5.75 Å². The van der Waals surface area contributed by atoms with Crippen LogP contribution in [0.1, 0.15) is 33.1 Å². The van der Waals surface area contributed by atoms with E-state index in [1.54, 1.807) is 12.1 Å². The van der Waals surface area contributed by atoms with Crippen LogP contribution in [0.2, 0.25) is 0 Å². The molecule has 62 heavy (non-hydrogen) atoms. The molecule has 10 rings (SSSR count). The van der Waals surface area contributed by atoms with Crippen molar-refractivity contribution >= 4 is 52.3 Å². The van der Waals surface area contributed by atoms with Crippen LogP contribution in [0.15, 0.2) is 140 Å². The number of hydrogen-bond acceptors (Lipinski definition) is 4. The maximum atomic E-state index is 14.4. The number of carbonyl (C=O) groups excluding carboxylic acids is 1. The maximum Gasteiger partial charge on any atom is 0.343 e. The van der Waals surface area contributed by atoms with Crippen molar-refractivity contribution in [2.24, 2.45) is 0 Å². The number of hydrogen-bond donors (Lipinski definition) is 2. The van der Waals surface area contributed by atoms with Crippen molar-refractivity contribution in [2.45, 2.75) is 0 Å². The highest BCUT2D eigenvalue weighted by atomic mass is 19.2. The summed E-state index contributed by atoms with van der Waals surface area (Å²) in [6.07, 6.45) is 7.86. The van der Waals surface area contributed by atoms with Crippen LogP contribution < -0.4 is 4.74 Å². The molecular formula is C51H29F5N4O2. The number of fused-ring (bicyclic) bond motifs is 8. The zero-order valence-corrected chi connectivity index (χ0v) is 32.2. The van der Waals surface area contributed by atoms with Gasteiger partial charge in [-0.3, -0.25) is 0 Å². The van der Waals surface area contributed by atoms with Crippen LogP contribution in [0.4, 0.5) is 22.0 Å². The number of aromatic amines is 2. The summed E-state index contributed by atoms with van der Waals surface area (Å²) in [5.74, 6) is -14.4. The van der Waals surface area contributed by atoms with Gasteiger partial charge in [0.2, 0.25) is 34.8 Å². The molecule has 2 aliphatic heterocycles. The molecule has 0 saturated heterocycles. The summed E-state index contributed by atoms with van der Waals surface area (Å²) in [6.45, 7) is 0. The van der Waals surface area contributed by atoms with Gasteiger partial charge in [-0.25, -0.2) is 27.9 Å². The van der Waals surface area contributed by atoms with Crippen LogP contribution in [-0.4, -0.2) is 25.9 Å². The first-order valence-corrected chi connectivity index (χ1v) is 19.4. The van der Waals surface area contributed by atoms with E-state index in [0.717, 1.165) is 61.3 Å². The Morgan fingerprint density at radius 3 is 1.03 bits per heavy atom. The summed E-state index contributed by atoms with van der Waals surface area (Å²) in [7, 11) is 0. The fraction of sp³-hybridized carbons (Fsp3) is 0. The summed E-state index contributed by atoms with van der Waals surface area (Å²) in [6, 6.07) is 43.7. The highest BCUT2D eigenvalue weighted by molar-refractivity contribution is 6.00. The Morgan fingerprint density at radius 1 is 0.387 bits per heavy atom. The van der Waals surface area contributed by atoms with E-state index >= 15 is 0 Å². The minimum Gasteiger partial charge on any atom is -0.416 e. The number of halogens is 5. The van der Waals surface area contributed by atoms with Crippen LogP contribution in [0.3, 0.4) is 0 Å². The lowest BCUT2D eigenvalue weighted by molar-refractivity contribution is 0.0716. The molecule has 0 amide bonds. The van der Waals surface area contributed by atoms with E-state index in [4.69, 9.17) is 14.7 Å². The monoisotopic (exact) mass is 824 g/mol. The molecule has 300 valence electrons. The van der Waals surface area contributed by atoms with Crippen molar-refractivity contribution in [1.29, 1.82) is 0 Å². The predicted molar refractivity (Wildman–Crippen MR) is 232 cm³/mol. The Balaban J connectivity index is 1.23. The van der Waals surface area contributed by atoms with Crippen molar-refractivity contribution in [3.05, 3.63) is 197 Å². The lowest BCUT2D eigenvalue weighted by Gasteiger charge is -2.10. The average molecular weight is 825 g/mol. The Hall–Kier alpha value is -8.18. The molecule has 6 nitrogen and oxygen atoms in total. The summed E-state index contributed by atoms with van der Waals surface area (Å²) < 4.78 is 75.1. The molecule has 2 N–H and O–H groups in total. The van der Waals surface area contributed by atoms with Gasteiger partial charge in [-0.15, -0.1) is 0 Å². The van der Waals surface area contributed by atoms with Gasteiger partial charge in [0.05, 0.1) is 28.3 Å². The van der Waals surface area contributed by atoms with E-state index in [2.05, 4.69) is 22.1 Å². The molecule has 0 radical (unpaired) electrons. The summed E-state index contributed by atoms with van der Waals surface area (Å²) in [5, 5.41) is 0. The third kappa shape index (κ3) is 6.65. The average Bonchev–Trinajstić information content (AvgIpc) is 4.16. The largest absolute Gasteiger partial charge is 0.416 e. The molecule has 0 unspecified atom stereocenters. The molecular weight excluding hydrogens is 796 g/mol. The fourth-order valence-corrected chi connectivity index (χ4v) is 7.83. The number of rotatable bonds is 6. The van der Waals surface area contributed by atoms with E-state index < -0.39 is 40.8 Å². The Bertz CT molecular complexity index is 3260. The standard InChI is InChI=1S/C51H29F5N4O2/c52-45-46(53)48(55)50(49(56)47(45)54)62-51(61)32-18-16-31(17-19-32)44-39-26-24-37(59-39)42(29-12-6-2-7-13-29)35-22-20-33(57-35)41(28-10-4-1-5-11-28)34-21-23-36(58-34)43(30-14-8-3-9-15-30)38-25-27-40(44)60-38/h1-27,57,60H. The molecule has 0 fully saturated rings. The second-order valence-corrected chi connectivity index (χ2v) is 14.5. The quantitative estimate of drug-likeness (QED) is 0.0575. The first kappa shape index (κ1) is 38.0. The normalized spacial score (nSPS) is 11.9. The molecule has 8 aromatic rings. The van der Waals surface area contributed by atoms with Gasteiger partial charge in [-0.05, 0) is 83.0 Å². The van der Waals surface area contributed by atoms with Gasteiger partial charge in [-0.1, -0.05) is 103 Å². The SMILES string of the molecule is O=C(Oc1c(F)c(F)c(F)c(F)c1F)c1ccc(-c2c3nc(c(-c4ccccc4)c4ccc([nH]4)c(-c4ccccc4)c4nc(c(-c5ccccc5)c5ccc2[nH]5)C=C4)C=C3)cc1. The number of H-pyrrole nitrogens is 2. The topological polar surface area (TPSA) is 83.7 Å². The lowest BCUT2D eigenvalue weighted by atomic mass is 10.0. The molecule has 11 heteroatoms. The van der Waals surface area contributed by atoms with Crippen LogP contribution in [0.25, 0.3) is 90.9 Å². The minimum atomic E-state index is -2.36. The fourth-order valence-electron chi connectivity index (χ4n) is 7.83. The number of esters is 1. The van der Waals surface area contributed by atoms with Gasteiger partial charge in [-0.2, -0.15) is 8.78 Å². The molecule has 0 spiro atoms. The Morgan fingerprint density at radius 2 is 0.694 bits per heavy atom. The summed E-state index contributed by atoms with van der Waals surface area (Å²) in [5.41, 5.74) is 12.3. The van der Waals surface area contributed by atoms with E-state index in [0.29, 0.717) is 28.0 Å². The first-order chi connectivity index (χ1) is 30.2. The zero-order valence-electron chi connectivity index (χ0n) is 32.2. The third-order valence-corrected chi connectivity index (χ3v) is 10.7. The smallest absolute Gasteiger partial charge is 0.343 e. The van der Waals surface area contributed by atoms with E-state index in [1.807, 2.05) is 127 Å². The van der Waals surface area contributed by atoms with Crippen molar-refractivity contribution < 1.29 is 31.5 Å². The predicted octanol–water partition coefficient (Wildman–Crippen LogP) is 13.2. The molecule has 0 atom stereocenters. The Kier molecular flexibility index (Phi) is 9.48. The van der Waals surface area contributed by atoms with Gasteiger partial charge in [0, 0.05) is 44.3 Å². The first-order valence-electron chi connectivity index (χ1n) is 19.4. The number of carbonyl (C=O) groups is 1. The molecule has 0 aliphatic carbocycles. The second-order valence-electron chi connectivity index (χ2n) is 14.5. The molecule has 8 bridgehead atoms. The molecule has 5 aromatic carbocycles. The van der Waals surface area contributed by atoms with Crippen molar-refractivity contribution in [3.63, 3.8) is 0 Å². The van der Waals surface area contributed by atoms with E-state index in [9.17, 15) is 26.7 Å². The summed E-state index contributed by atoms with van der Waals surface area (Å²) >= 11 is 0. The number of benzene rings is 5. The molecule has 0 saturated carbocycles. The van der Waals surface area contributed by atoms with Gasteiger partial charge >= 0.3 is 5.97 Å². The molecule has 2 aliphatic rings. The van der Waals surface area contributed by atoms with Crippen molar-refractivity contribution in [2.75, 3.05) is 0 Å². The van der Waals surface area contributed by atoms with Crippen molar-refractivity contribution in [1.82, 2.24) is 19.9 Å². The van der Waals surface area contributed by atoms with Crippen LogP contribution in [-0.2, 0) is 0 Å². The van der Waals surface area contributed by atoms with E-state index in [1.165, 1.54) is 12.1 Å². The van der Waals surface area contributed by atoms with Gasteiger partial charge in [0.15, 0.2) is 0 Å². The third-order valence-electron chi connectivity index (χ3n) is 10.7. The highest BCUT2D eigenvalue weighted by Gasteiger charge is 2.29.